The van der Waals surface area contributed by atoms with Gasteiger partial charge >= 0.3 is 0 Å². The molecule has 4 rings (SSSR count). The third kappa shape index (κ3) is 4.19. The van der Waals surface area contributed by atoms with E-state index in [1.807, 2.05) is 0 Å². The first-order valence-corrected chi connectivity index (χ1v) is 11.1. The molecule has 2 aliphatic heterocycles. The molecule has 2 fully saturated rings. The van der Waals surface area contributed by atoms with Crippen LogP contribution in [0.25, 0.3) is 0 Å². The number of thiocarbonyl (C=S) groups is 1. The van der Waals surface area contributed by atoms with Gasteiger partial charge in [-0.05, 0) is 55.6 Å². The largest absolute Gasteiger partial charge is 0.333 e. The normalized spacial score (nSPS) is 26.7. The number of fused-ring (bicyclic) bond motifs is 1. The summed E-state index contributed by atoms with van der Waals surface area (Å²) in [4.78, 5) is 39.6. The van der Waals surface area contributed by atoms with E-state index < -0.39 is 18.0 Å². The van der Waals surface area contributed by atoms with Crippen molar-refractivity contribution in [2.24, 2.45) is 11.8 Å². The number of aldehydes is 1. The van der Waals surface area contributed by atoms with Gasteiger partial charge in [-0.15, -0.1) is 0 Å². The average Bonchev–Trinajstić information content (AvgIpc) is 3.44. The van der Waals surface area contributed by atoms with Crippen molar-refractivity contribution >= 4 is 35.1 Å². The Hall–Kier alpha value is -1.92. The smallest absolute Gasteiger partial charge is 0.223 e. The number of carbonyl (C=O) groups is 3. The molecule has 0 spiro atoms. The van der Waals surface area contributed by atoms with Gasteiger partial charge in [0.15, 0.2) is 5.78 Å². The van der Waals surface area contributed by atoms with Crippen LogP contribution in [-0.2, 0) is 27.2 Å². The van der Waals surface area contributed by atoms with Gasteiger partial charge in [0, 0.05) is 24.4 Å². The number of rotatable bonds is 7. The number of benzene rings is 1. The second-order valence-electron chi connectivity index (χ2n) is 8.57. The van der Waals surface area contributed by atoms with Crippen molar-refractivity contribution in [3.05, 3.63) is 35.4 Å². The molecule has 6 heteroatoms. The molecule has 154 valence electrons. The van der Waals surface area contributed by atoms with E-state index in [-0.39, 0.29) is 11.7 Å². The minimum Gasteiger partial charge on any atom is -0.333 e. The number of hydrogen-bond acceptors (Lipinski definition) is 5. The highest BCUT2D eigenvalue weighted by atomic mass is 32.1. The first-order valence-electron chi connectivity index (χ1n) is 10.7. The van der Waals surface area contributed by atoms with Gasteiger partial charge < -0.3 is 15.0 Å². The summed E-state index contributed by atoms with van der Waals surface area (Å²) in [6, 6.07) is 7.62. The summed E-state index contributed by atoms with van der Waals surface area (Å²) in [6.07, 6.45) is 6.87. The van der Waals surface area contributed by atoms with Crippen LogP contribution in [0.1, 0.15) is 43.2 Å². The molecular formula is C23H28N2O3S. The Morgan fingerprint density at radius 3 is 2.62 bits per heavy atom. The Morgan fingerprint density at radius 2 is 1.93 bits per heavy atom. The van der Waals surface area contributed by atoms with Crippen LogP contribution in [0.4, 0.5) is 0 Å². The van der Waals surface area contributed by atoms with Crippen LogP contribution in [0.15, 0.2) is 24.3 Å². The number of carbonyl (C=O) groups excluding carboxylic acids is 3. The van der Waals surface area contributed by atoms with Crippen molar-refractivity contribution < 1.29 is 14.4 Å². The van der Waals surface area contributed by atoms with Crippen LogP contribution < -0.4 is 5.32 Å². The molecule has 2 saturated heterocycles. The molecule has 3 atom stereocenters. The van der Waals surface area contributed by atoms with Crippen LogP contribution in [0.2, 0.25) is 0 Å². The Balaban J connectivity index is 1.30. The second kappa shape index (κ2) is 8.84. The minimum absolute atomic E-state index is 0.0609. The van der Waals surface area contributed by atoms with Crippen LogP contribution in [0.5, 0.6) is 0 Å². The van der Waals surface area contributed by atoms with Gasteiger partial charge in [0.1, 0.15) is 6.29 Å². The number of nitrogens with one attached hydrogen (secondary N) is 1. The molecule has 29 heavy (non-hydrogen) atoms. The van der Waals surface area contributed by atoms with E-state index in [0.717, 1.165) is 38.4 Å². The highest BCUT2D eigenvalue weighted by molar-refractivity contribution is 7.80. The molecule has 0 aromatic heterocycles. The van der Waals surface area contributed by atoms with Crippen LogP contribution in [0, 0.1) is 11.8 Å². The predicted molar refractivity (Wildman–Crippen MR) is 115 cm³/mol. The number of Topliss-reactive ketones (excluding diaryl/α,β-unsaturated/α-hetero) is 1. The molecule has 1 aliphatic carbocycles. The highest BCUT2D eigenvalue weighted by Gasteiger charge is 2.44. The molecule has 0 saturated carbocycles. The fourth-order valence-corrected chi connectivity index (χ4v) is 5.56. The second-order valence-corrected chi connectivity index (χ2v) is 9.09. The van der Waals surface area contributed by atoms with Gasteiger partial charge in [-0.25, -0.2) is 0 Å². The van der Waals surface area contributed by atoms with Gasteiger partial charge in [0.05, 0.1) is 18.0 Å². The van der Waals surface area contributed by atoms with Crippen molar-refractivity contribution in [2.45, 2.75) is 57.0 Å². The lowest BCUT2D eigenvalue weighted by Gasteiger charge is -2.27. The van der Waals surface area contributed by atoms with Crippen molar-refractivity contribution in [3.63, 3.8) is 0 Å². The molecule has 2 heterocycles. The summed E-state index contributed by atoms with van der Waals surface area (Å²) in [7, 11) is 0. The predicted octanol–water partition coefficient (Wildman–Crippen LogP) is 2.29. The standard InChI is InChI=1S/C23H28N2O3S/c26-14-18-22(20(29)13-24-18)23(28)19-8-4-10-25(19)21(27)9-3-5-15-11-16-6-1-2-7-17(16)12-15/h1-2,6-7,14-15,18-19,22,24H,3-5,8-13H2/t18-,19+,22?/m1/s1. The Morgan fingerprint density at radius 1 is 1.21 bits per heavy atom. The SMILES string of the molecule is O=C[C@H]1NCC(=S)C1C(=O)[C@@H]1CCCN1C(=O)CCCC1Cc2ccccc2C1. The molecule has 3 aliphatic rings. The van der Waals surface area contributed by atoms with Crippen LogP contribution in [-0.4, -0.2) is 52.9 Å². The van der Waals surface area contributed by atoms with Crippen molar-refractivity contribution in [2.75, 3.05) is 13.1 Å². The molecular weight excluding hydrogens is 384 g/mol. The summed E-state index contributed by atoms with van der Waals surface area (Å²) in [6.45, 7) is 1.04. The zero-order valence-electron chi connectivity index (χ0n) is 16.6. The third-order valence-corrected chi connectivity index (χ3v) is 7.11. The lowest BCUT2D eigenvalue weighted by Crippen LogP contribution is -2.47. The van der Waals surface area contributed by atoms with Crippen molar-refractivity contribution in [1.29, 1.82) is 0 Å². The zero-order valence-corrected chi connectivity index (χ0v) is 17.5. The fourth-order valence-electron chi connectivity index (χ4n) is 5.22. The molecule has 1 amide bonds. The lowest BCUT2D eigenvalue weighted by molar-refractivity contribution is -0.138. The molecule has 1 aromatic carbocycles. The van der Waals surface area contributed by atoms with Crippen molar-refractivity contribution in [1.82, 2.24) is 10.2 Å². The first-order chi connectivity index (χ1) is 14.1. The number of hydrogen-bond donors (Lipinski definition) is 1. The summed E-state index contributed by atoms with van der Waals surface area (Å²) in [5.74, 6) is 0.0504. The van der Waals surface area contributed by atoms with E-state index in [2.05, 4.69) is 29.6 Å². The highest BCUT2D eigenvalue weighted by Crippen LogP contribution is 2.30. The van der Waals surface area contributed by atoms with E-state index in [1.54, 1.807) is 4.90 Å². The maximum Gasteiger partial charge on any atom is 0.223 e. The molecule has 0 bridgehead atoms. The summed E-state index contributed by atoms with van der Waals surface area (Å²) in [5.41, 5.74) is 2.89. The lowest BCUT2D eigenvalue weighted by atomic mass is 9.90. The molecule has 1 unspecified atom stereocenters. The zero-order chi connectivity index (χ0) is 20.4. The summed E-state index contributed by atoms with van der Waals surface area (Å²) in [5, 5.41) is 2.99. The monoisotopic (exact) mass is 412 g/mol. The number of amides is 1. The van der Waals surface area contributed by atoms with E-state index >= 15 is 0 Å². The van der Waals surface area contributed by atoms with E-state index in [1.165, 1.54) is 11.1 Å². The van der Waals surface area contributed by atoms with Crippen molar-refractivity contribution in [3.8, 4) is 0 Å². The van der Waals surface area contributed by atoms with Gasteiger partial charge in [-0.1, -0.05) is 36.5 Å². The quantitative estimate of drug-likeness (QED) is 0.550. The maximum atomic E-state index is 13.1. The Labute approximate surface area is 177 Å². The molecule has 1 N–H and O–H groups in total. The maximum absolute atomic E-state index is 13.1. The Kier molecular flexibility index (Phi) is 6.20. The summed E-state index contributed by atoms with van der Waals surface area (Å²) < 4.78 is 0. The topological polar surface area (TPSA) is 66.5 Å². The number of likely N-dealkylation sites (tertiary alicyclic amines) is 1. The molecule has 0 radical (unpaired) electrons. The number of nitrogens with zero attached hydrogens (tertiary/aromatic N) is 1. The first kappa shape index (κ1) is 20.4. The van der Waals surface area contributed by atoms with Crippen LogP contribution >= 0.6 is 12.2 Å². The van der Waals surface area contributed by atoms with E-state index in [4.69, 9.17) is 12.2 Å². The van der Waals surface area contributed by atoms with Gasteiger partial charge in [-0.2, -0.15) is 0 Å². The van der Waals surface area contributed by atoms with E-state index in [9.17, 15) is 14.4 Å². The minimum atomic E-state index is -0.571. The van der Waals surface area contributed by atoms with Gasteiger partial charge in [0.25, 0.3) is 0 Å². The summed E-state index contributed by atoms with van der Waals surface area (Å²) >= 11 is 5.32. The third-order valence-electron chi connectivity index (χ3n) is 6.71. The Bertz CT molecular complexity index is 799. The number of ketones is 1. The van der Waals surface area contributed by atoms with Gasteiger partial charge in [-0.3, -0.25) is 9.59 Å². The average molecular weight is 413 g/mol. The van der Waals surface area contributed by atoms with Gasteiger partial charge in [0.2, 0.25) is 5.91 Å². The molecule has 5 nitrogen and oxygen atoms in total. The van der Waals surface area contributed by atoms with Crippen LogP contribution in [0.3, 0.4) is 0 Å². The molecule has 1 aromatic rings. The fraction of sp³-hybridized carbons (Fsp3) is 0.565. The van der Waals surface area contributed by atoms with E-state index in [0.29, 0.717) is 36.7 Å².